The molecule has 3 aromatic rings. The molecular weight excluding hydrogens is 550 g/mol. The zero-order valence-corrected chi connectivity index (χ0v) is 26.2. The van der Waals surface area contributed by atoms with Crippen LogP contribution in [0.1, 0.15) is 66.0 Å². The average Bonchev–Trinajstić information content (AvgIpc) is 2.92. The number of alkyl carbamates (subject to hydrolysis) is 1. The Morgan fingerprint density at radius 2 is 1.57 bits per heavy atom. The van der Waals surface area contributed by atoms with Crippen LogP contribution >= 0.6 is 12.6 Å². The summed E-state index contributed by atoms with van der Waals surface area (Å²) in [5.74, 6) is -0.462. The molecule has 9 heteroatoms. The number of phenols is 1. The standard InChI is InChI=1S/C33H43N3O5S/c1-21(2)11-12-22(3)36(31(39)28(20-42)35-32(40)41-33(4,5)6)29(24-14-17-27(37)18-15-24)30(38)34-26-16-13-23-9-7-8-10-25(23)19-26/h7-10,13-19,21-22,28-29,37,42H,11-12,20H2,1-6H3,(H,34,38)(H,35,40). The molecule has 0 aliphatic heterocycles. The predicted octanol–water partition coefficient (Wildman–Crippen LogP) is 6.70. The molecular formula is C33H43N3O5S. The molecule has 3 unspecified atom stereocenters. The summed E-state index contributed by atoms with van der Waals surface area (Å²) in [5, 5.41) is 17.6. The van der Waals surface area contributed by atoms with E-state index in [0.717, 1.165) is 17.2 Å². The zero-order valence-electron chi connectivity index (χ0n) is 25.3. The van der Waals surface area contributed by atoms with E-state index in [-0.39, 0.29) is 17.5 Å². The third-order valence-corrected chi connectivity index (χ3v) is 7.18. The van der Waals surface area contributed by atoms with E-state index >= 15 is 0 Å². The van der Waals surface area contributed by atoms with E-state index in [4.69, 9.17) is 4.74 Å². The number of ether oxygens (including phenoxy) is 1. The fraction of sp³-hybridized carbons (Fsp3) is 0.424. The van der Waals surface area contributed by atoms with Crippen LogP contribution in [-0.2, 0) is 14.3 Å². The summed E-state index contributed by atoms with van der Waals surface area (Å²) in [5.41, 5.74) is 0.348. The molecule has 0 aromatic heterocycles. The second-order valence-corrected chi connectivity index (χ2v) is 12.4. The Kier molecular flexibility index (Phi) is 11.3. The number of fused-ring (bicyclic) bond motifs is 1. The van der Waals surface area contributed by atoms with Gasteiger partial charge in [-0.25, -0.2) is 4.79 Å². The molecule has 0 heterocycles. The van der Waals surface area contributed by atoms with Crippen molar-refractivity contribution in [2.75, 3.05) is 11.1 Å². The van der Waals surface area contributed by atoms with Gasteiger partial charge in [0.1, 0.15) is 23.4 Å². The first-order chi connectivity index (χ1) is 19.8. The minimum atomic E-state index is -1.06. The number of amides is 3. The van der Waals surface area contributed by atoms with Gasteiger partial charge in [-0.05, 0) is 87.1 Å². The smallest absolute Gasteiger partial charge is 0.408 e. The summed E-state index contributed by atoms with van der Waals surface area (Å²) in [6.45, 7) is 11.3. The third kappa shape index (κ3) is 9.14. The molecule has 3 N–H and O–H groups in total. The molecule has 0 aliphatic rings. The highest BCUT2D eigenvalue weighted by Gasteiger charge is 2.38. The summed E-state index contributed by atoms with van der Waals surface area (Å²) in [6, 6.07) is 17.2. The summed E-state index contributed by atoms with van der Waals surface area (Å²) in [4.78, 5) is 42.6. The Bertz CT molecular complexity index is 1370. The van der Waals surface area contributed by atoms with Gasteiger partial charge in [0.25, 0.3) is 5.91 Å². The van der Waals surface area contributed by atoms with Gasteiger partial charge in [-0.15, -0.1) is 0 Å². The zero-order chi connectivity index (χ0) is 31.0. The number of hydrogen-bond donors (Lipinski definition) is 4. The molecule has 0 saturated heterocycles. The lowest BCUT2D eigenvalue weighted by Gasteiger charge is -2.38. The molecule has 226 valence electrons. The van der Waals surface area contributed by atoms with E-state index in [2.05, 4.69) is 37.1 Å². The van der Waals surface area contributed by atoms with Gasteiger partial charge in [0, 0.05) is 17.5 Å². The first-order valence-corrected chi connectivity index (χ1v) is 14.9. The van der Waals surface area contributed by atoms with Crippen LogP contribution in [0.5, 0.6) is 5.75 Å². The van der Waals surface area contributed by atoms with E-state index < -0.39 is 35.6 Å². The van der Waals surface area contributed by atoms with Gasteiger partial charge in [0.05, 0.1) is 0 Å². The lowest BCUT2D eigenvalue weighted by molar-refractivity contribution is -0.143. The maximum Gasteiger partial charge on any atom is 0.408 e. The Labute approximate surface area is 254 Å². The van der Waals surface area contributed by atoms with Crippen LogP contribution in [0.2, 0.25) is 0 Å². The van der Waals surface area contributed by atoms with E-state index in [1.165, 1.54) is 17.0 Å². The highest BCUT2D eigenvalue weighted by molar-refractivity contribution is 7.80. The van der Waals surface area contributed by atoms with Crippen molar-refractivity contribution in [2.24, 2.45) is 5.92 Å². The predicted molar refractivity (Wildman–Crippen MR) is 171 cm³/mol. The van der Waals surface area contributed by atoms with Crippen molar-refractivity contribution in [3.63, 3.8) is 0 Å². The summed E-state index contributed by atoms with van der Waals surface area (Å²) in [6.07, 6.45) is 0.712. The van der Waals surface area contributed by atoms with E-state index in [0.29, 0.717) is 23.6 Å². The maximum atomic E-state index is 14.3. The molecule has 0 saturated carbocycles. The van der Waals surface area contributed by atoms with Gasteiger partial charge in [-0.2, -0.15) is 12.6 Å². The molecule has 0 bridgehead atoms. The largest absolute Gasteiger partial charge is 0.508 e. The quantitative estimate of drug-likeness (QED) is 0.185. The molecule has 3 amide bonds. The highest BCUT2D eigenvalue weighted by atomic mass is 32.1. The van der Waals surface area contributed by atoms with Gasteiger partial charge in [0.15, 0.2) is 0 Å². The van der Waals surface area contributed by atoms with Crippen molar-refractivity contribution in [3.8, 4) is 5.75 Å². The number of carbonyl (C=O) groups is 3. The van der Waals surface area contributed by atoms with Gasteiger partial charge in [-0.3, -0.25) is 9.59 Å². The topological polar surface area (TPSA) is 108 Å². The van der Waals surface area contributed by atoms with Gasteiger partial charge in [-0.1, -0.05) is 56.3 Å². The van der Waals surface area contributed by atoms with Crippen LogP contribution in [0.25, 0.3) is 10.8 Å². The number of thiol groups is 1. The molecule has 8 nitrogen and oxygen atoms in total. The van der Waals surface area contributed by atoms with Crippen molar-refractivity contribution in [1.82, 2.24) is 10.2 Å². The number of hydrogen-bond acceptors (Lipinski definition) is 6. The van der Waals surface area contributed by atoms with E-state index in [9.17, 15) is 19.5 Å². The van der Waals surface area contributed by atoms with E-state index in [1.807, 2.05) is 49.4 Å². The monoisotopic (exact) mass is 593 g/mol. The van der Waals surface area contributed by atoms with Crippen LogP contribution in [0.15, 0.2) is 66.7 Å². The second kappa shape index (κ2) is 14.4. The van der Waals surface area contributed by atoms with Crippen LogP contribution in [0.4, 0.5) is 10.5 Å². The highest BCUT2D eigenvalue weighted by Crippen LogP contribution is 2.30. The third-order valence-electron chi connectivity index (χ3n) is 6.82. The first-order valence-electron chi connectivity index (χ1n) is 14.3. The summed E-state index contributed by atoms with van der Waals surface area (Å²) >= 11 is 4.37. The number of phenolic OH excluding ortho intramolecular Hbond substituents is 1. The van der Waals surface area contributed by atoms with Crippen molar-refractivity contribution in [2.45, 2.75) is 78.1 Å². The van der Waals surface area contributed by atoms with Crippen molar-refractivity contribution < 1.29 is 24.2 Å². The van der Waals surface area contributed by atoms with E-state index in [1.54, 1.807) is 32.9 Å². The van der Waals surface area contributed by atoms with Crippen LogP contribution in [0.3, 0.4) is 0 Å². The SMILES string of the molecule is CC(C)CCC(C)N(C(=O)C(CS)NC(=O)OC(C)(C)C)C(C(=O)Nc1ccc2ccccc2c1)c1ccc(O)cc1. The van der Waals surface area contributed by atoms with Gasteiger partial charge < -0.3 is 25.4 Å². The fourth-order valence-electron chi connectivity index (χ4n) is 4.70. The fourth-order valence-corrected chi connectivity index (χ4v) is 4.95. The lowest BCUT2D eigenvalue weighted by Crippen LogP contribution is -2.55. The van der Waals surface area contributed by atoms with Crippen molar-refractivity contribution in [3.05, 3.63) is 72.3 Å². The average molecular weight is 594 g/mol. The number of anilines is 1. The lowest BCUT2D eigenvalue weighted by atomic mass is 9.97. The maximum absolute atomic E-state index is 14.3. The Balaban J connectivity index is 2.04. The first kappa shape index (κ1) is 32.8. The number of benzene rings is 3. The second-order valence-electron chi connectivity index (χ2n) is 12.0. The van der Waals surface area contributed by atoms with Gasteiger partial charge >= 0.3 is 6.09 Å². The minimum Gasteiger partial charge on any atom is -0.508 e. The molecule has 0 radical (unpaired) electrons. The van der Waals surface area contributed by atoms with Crippen molar-refractivity contribution in [1.29, 1.82) is 0 Å². The molecule has 0 spiro atoms. The molecule has 42 heavy (non-hydrogen) atoms. The number of aromatic hydroxyl groups is 1. The molecule has 3 aromatic carbocycles. The summed E-state index contributed by atoms with van der Waals surface area (Å²) in [7, 11) is 0. The molecule has 3 rings (SSSR count). The number of rotatable bonds is 11. The van der Waals surface area contributed by atoms with Crippen molar-refractivity contribution >= 4 is 47.0 Å². The van der Waals surface area contributed by atoms with Gasteiger partial charge in [0.2, 0.25) is 5.91 Å². The van der Waals surface area contributed by atoms with Crippen LogP contribution in [-0.4, -0.2) is 51.4 Å². The summed E-state index contributed by atoms with van der Waals surface area (Å²) < 4.78 is 5.40. The minimum absolute atomic E-state index is 0.0000677. The molecule has 3 atom stereocenters. The number of nitrogens with zero attached hydrogens (tertiary/aromatic N) is 1. The number of nitrogens with one attached hydrogen (secondary N) is 2. The Morgan fingerprint density at radius 3 is 2.17 bits per heavy atom. The Morgan fingerprint density at radius 1 is 0.929 bits per heavy atom. The molecule has 0 aliphatic carbocycles. The number of carbonyl (C=O) groups excluding carboxylic acids is 3. The normalized spacial score (nSPS) is 13.7. The van der Waals surface area contributed by atoms with Crippen LogP contribution < -0.4 is 10.6 Å². The Hall–Kier alpha value is -3.72. The molecule has 0 fully saturated rings. The van der Waals surface area contributed by atoms with Crippen LogP contribution in [0, 0.1) is 5.92 Å².